The largest absolute Gasteiger partial charge is 0.497 e. The van der Waals surface area contributed by atoms with Gasteiger partial charge in [0.25, 0.3) is 0 Å². The second kappa shape index (κ2) is 5.35. The number of ether oxygens (including phenoxy) is 1. The van der Waals surface area contributed by atoms with Gasteiger partial charge in [-0.15, -0.1) is 0 Å². The highest BCUT2D eigenvalue weighted by molar-refractivity contribution is 6.31. The lowest BCUT2D eigenvalue weighted by Gasteiger charge is -2.21. The van der Waals surface area contributed by atoms with Gasteiger partial charge in [-0.25, -0.2) is 0 Å². The van der Waals surface area contributed by atoms with E-state index < -0.39 is 0 Å². The molecule has 84 valence electrons. The van der Waals surface area contributed by atoms with Crippen molar-refractivity contribution in [1.29, 1.82) is 0 Å². The molecule has 3 nitrogen and oxygen atoms in total. The SMILES string of the molecule is CNC(c1ccc(OC)cc1Cl)C(C)N. The van der Waals surface area contributed by atoms with Gasteiger partial charge >= 0.3 is 0 Å². The van der Waals surface area contributed by atoms with E-state index in [9.17, 15) is 0 Å². The van der Waals surface area contributed by atoms with Crippen LogP contribution in [0.25, 0.3) is 0 Å². The summed E-state index contributed by atoms with van der Waals surface area (Å²) < 4.78 is 5.09. The third-order valence-electron chi connectivity index (χ3n) is 2.38. The quantitative estimate of drug-likeness (QED) is 0.828. The standard InChI is InChI=1S/C11H17ClN2O/c1-7(13)11(14-2)9-5-4-8(15-3)6-10(9)12/h4-7,11,14H,13H2,1-3H3. The van der Waals surface area contributed by atoms with Crippen molar-refractivity contribution in [3.05, 3.63) is 28.8 Å². The molecule has 15 heavy (non-hydrogen) atoms. The number of hydrogen-bond donors (Lipinski definition) is 2. The first kappa shape index (κ1) is 12.3. The Morgan fingerprint density at radius 1 is 1.47 bits per heavy atom. The fourth-order valence-electron chi connectivity index (χ4n) is 1.59. The van der Waals surface area contributed by atoms with Crippen molar-refractivity contribution in [3.8, 4) is 5.75 Å². The smallest absolute Gasteiger partial charge is 0.120 e. The zero-order chi connectivity index (χ0) is 11.4. The van der Waals surface area contributed by atoms with Crippen molar-refractivity contribution < 1.29 is 4.74 Å². The van der Waals surface area contributed by atoms with Gasteiger partial charge in [0, 0.05) is 17.1 Å². The van der Waals surface area contributed by atoms with Gasteiger partial charge in [-0.05, 0) is 31.7 Å². The summed E-state index contributed by atoms with van der Waals surface area (Å²) in [5, 5.41) is 3.82. The Labute approximate surface area is 95.6 Å². The van der Waals surface area contributed by atoms with E-state index in [1.54, 1.807) is 13.2 Å². The predicted octanol–water partition coefficient (Wildman–Crippen LogP) is 1.96. The molecule has 2 unspecified atom stereocenters. The Bertz CT molecular complexity index is 328. The van der Waals surface area contributed by atoms with E-state index in [0.29, 0.717) is 5.02 Å². The van der Waals surface area contributed by atoms with Crippen molar-refractivity contribution in [3.63, 3.8) is 0 Å². The summed E-state index contributed by atoms with van der Waals surface area (Å²) in [5.74, 6) is 0.753. The van der Waals surface area contributed by atoms with E-state index in [0.717, 1.165) is 11.3 Å². The van der Waals surface area contributed by atoms with E-state index in [1.165, 1.54) is 0 Å². The first-order valence-corrected chi connectivity index (χ1v) is 5.24. The van der Waals surface area contributed by atoms with Crippen LogP contribution in [-0.4, -0.2) is 20.2 Å². The van der Waals surface area contributed by atoms with Crippen LogP contribution >= 0.6 is 11.6 Å². The molecule has 0 fully saturated rings. The van der Waals surface area contributed by atoms with E-state index in [4.69, 9.17) is 22.1 Å². The Balaban J connectivity index is 3.03. The van der Waals surface area contributed by atoms with Crippen molar-refractivity contribution in [2.24, 2.45) is 5.73 Å². The number of nitrogens with two attached hydrogens (primary N) is 1. The molecule has 0 aliphatic carbocycles. The van der Waals surface area contributed by atoms with Crippen LogP contribution < -0.4 is 15.8 Å². The lowest BCUT2D eigenvalue weighted by molar-refractivity contribution is 0.414. The number of rotatable bonds is 4. The molecule has 0 radical (unpaired) electrons. The van der Waals surface area contributed by atoms with Gasteiger partial charge in [-0.3, -0.25) is 0 Å². The molecule has 1 aromatic carbocycles. The molecular formula is C11H17ClN2O. The molecule has 0 amide bonds. The minimum Gasteiger partial charge on any atom is -0.497 e. The van der Waals surface area contributed by atoms with E-state index in [2.05, 4.69) is 5.32 Å². The third kappa shape index (κ3) is 2.84. The van der Waals surface area contributed by atoms with Gasteiger partial charge in [0.15, 0.2) is 0 Å². The molecule has 2 atom stereocenters. The fraction of sp³-hybridized carbons (Fsp3) is 0.455. The number of nitrogens with one attached hydrogen (secondary N) is 1. The maximum atomic E-state index is 6.15. The van der Waals surface area contributed by atoms with Crippen LogP contribution in [0.4, 0.5) is 0 Å². The predicted molar refractivity (Wildman–Crippen MR) is 63.5 cm³/mol. The van der Waals surface area contributed by atoms with Gasteiger partial charge in [0.1, 0.15) is 5.75 Å². The minimum atomic E-state index is 0.000829. The Kier molecular flexibility index (Phi) is 4.39. The van der Waals surface area contributed by atoms with Gasteiger partial charge in [0.2, 0.25) is 0 Å². The first-order chi connectivity index (χ1) is 7.10. The van der Waals surface area contributed by atoms with Crippen molar-refractivity contribution in [2.75, 3.05) is 14.2 Å². The Hall–Kier alpha value is -0.770. The summed E-state index contributed by atoms with van der Waals surface area (Å²) in [5.41, 5.74) is 6.86. The van der Waals surface area contributed by atoms with E-state index >= 15 is 0 Å². The molecule has 0 bridgehead atoms. The second-order valence-corrected chi connectivity index (χ2v) is 3.92. The molecule has 4 heteroatoms. The number of hydrogen-bond acceptors (Lipinski definition) is 3. The monoisotopic (exact) mass is 228 g/mol. The minimum absolute atomic E-state index is 0.000829. The number of halogens is 1. The van der Waals surface area contributed by atoms with Gasteiger partial charge in [-0.2, -0.15) is 0 Å². The second-order valence-electron chi connectivity index (χ2n) is 3.51. The number of methoxy groups -OCH3 is 1. The first-order valence-electron chi connectivity index (χ1n) is 4.86. The molecule has 0 saturated heterocycles. The molecule has 0 aliphatic rings. The Morgan fingerprint density at radius 3 is 2.53 bits per heavy atom. The summed E-state index contributed by atoms with van der Waals surface area (Å²) in [6.45, 7) is 1.95. The summed E-state index contributed by atoms with van der Waals surface area (Å²) in [6, 6.07) is 5.67. The van der Waals surface area contributed by atoms with Crippen LogP contribution in [0.5, 0.6) is 5.75 Å². The number of likely N-dealkylation sites (N-methyl/N-ethyl adjacent to an activating group) is 1. The molecular weight excluding hydrogens is 212 g/mol. The Morgan fingerprint density at radius 2 is 2.13 bits per heavy atom. The highest BCUT2D eigenvalue weighted by Gasteiger charge is 2.16. The number of benzene rings is 1. The highest BCUT2D eigenvalue weighted by atomic mass is 35.5. The normalized spacial score (nSPS) is 14.7. The van der Waals surface area contributed by atoms with Crippen molar-refractivity contribution >= 4 is 11.6 Å². The van der Waals surface area contributed by atoms with Crippen molar-refractivity contribution in [1.82, 2.24) is 5.32 Å². The zero-order valence-corrected chi connectivity index (χ0v) is 10.0. The molecule has 3 N–H and O–H groups in total. The van der Waals surface area contributed by atoms with Gasteiger partial charge < -0.3 is 15.8 Å². The molecule has 0 heterocycles. The van der Waals surface area contributed by atoms with Crippen molar-refractivity contribution in [2.45, 2.75) is 19.0 Å². The third-order valence-corrected chi connectivity index (χ3v) is 2.71. The molecule has 0 spiro atoms. The highest BCUT2D eigenvalue weighted by Crippen LogP contribution is 2.28. The average Bonchev–Trinajstić information content (AvgIpc) is 2.20. The van der Waals surface area contributed by atoms with Crippen LogP contribution in [0.15, 0.2) is 18.2 Å². The van der Waals surface area contributed by atoms with Crippen LogP contribution in [0.3, 0.4) is 0 Å². The lowest BCUT2D eigenvalue weighted by atomic mass is 10.0. The zero-order valence-electron chi connectivity index (χ0n) is 9.25. The van der Waals surface area contributed by atoms with Crippen LogP contribution in [-0.2, 0) is 0 Å². The topological polar surface area (TPSA) is 47.3 Å². The summed E-state index contributed by atoms with van der Waals surface area (Å²) in [4.78, 5) is 0. The van der Waals surface area contributed by atoms with E-state index in [-0.39, 0.29) is 12.1 Å². The molecule has 0 aliphatic heterocycles. The van der Waals surface area contributed by atoms with Crippen LogP contribution in [0.2, 0.25) is 5.02 Å². The maximum absolute atomic E-state index is 6.15. The summed E-state index contributed by atoms with van der Waals surface area (Å²) in [6.07, 6.45) is 0. The van der Waals surface area contributed by atoms with Gasteiger partial charge in [0.05, 0.1) is 7.11 Å². The van der Waals surface area contributed by atoms with Gasteiger partial charge in [-0.1, -0.05) is 17.7 Å². The molecule has 1 rings (SSSR count). The average molecular weight is 229 g/mol. The maximum Gasteiger partial charge on any atom is 0.120 e. The lowest BCUT2D eigenvalue weighted by Crippen LogP contribution is -2.33. The molecule has 1 aromatic rings. The summed E-state index contributed by atoms with van der Waals surface area (Å²) >= 11 is 6.15. The molecule has 0 aromatic heterocycles. The fourth-order valence-corrected chi connectivity index (χ4v) is 1.88. The van der Waals surface area contributed by atoms with Crippen LogP contribution in [0.1, 0.15) is 18.5 Å². The van der Waals surface area contributed by atoms with Crippen LogP contribution in [0, 0.1) is 0 Å². The summed E-state index contributed by atoms with van der Waals surface area (Å²) in [7, 11) is 3.49. The molecule has 0 saturated carbocycles. The van der Waals surface area contributed by atoms with E-state index in [1.807, 2.05) is 26.1 Å².